The molecule has 0 fully saturated rings. The minimum Gasteiger partial charge on any atom is -0.497 e. The van der Waals surface area contributed by atoms with Gasteiger partial charge in [-0.15, -0.1) is 0 Å². The summed E-state index contributed by atoms with van der Waals surface area (Å²) in [7, 11) is 2.97. The largest absolute Gasteiger partial charge is 0.497 e. The molecule has 1 unspecified atom stereocenters. The summed E-state index contributed by atoms with van der Waals surface area (Å²) in [5.41, 5.74) is 0.687. The smallest absolute Gasteiger partial charge is 0.405 e. The summed E-state index contributed by atoms with van der Waals surface area (Å²) in [6.07, 6.45) is -4.52. The van der Waals surface area contributed by atoms with Crippen molar-refractivity contribution in [1.29, 1.82) is 5.26 Å². The van der Waals surface area contributed by atoms with E-state index in [1.54, 1.807) is 18.2 Å². The number of methoxy groups -OCH3 is 2. The molecule has 0 aliphatic heterocycles. The lowest BCUT2D eigenvalue weighted by molar-refractivity contribution is -0.157. The Balaban J connectivity index is 2.64. The van der Waals surface area contributed by atoms with E-state index in [1.807, 2.05) is 0 Å². The summed E-state index contributed by atoms with van der Waals surface area (Å²) < 4.78 is 47.3. The highest BCUT2D eigenvalue weighted by Gasteiger charge is 2.39. The third kappa shape index (κ3) is 4.31. The lowest BCUT2D eigenvalue weighted by atomic mass is 10.1. The summed E-state index contributed by atoms with van der Waals surface area (Å²) in [4.78, 5) is 0. The van der Waals surface area contributed by atoms with Crippen LogP contribution < -0.4 is 14.8 Å². The van der Waals surface area contributed by atoms with Crippen molar-refractivity contribution >= 4 is 0 Å². The van der Waals surface area contributed by atoms with Crippen molar-refractivity contribution in [2.45, 2.75) is 12.7 Å². The molecule has 0 heterocycles. The van der Waals surface area contributed by atoms with E-state index in [4.69, 9.17) is 14.7 Å². The van der Waals surface area contributed by atoms with Crippen LogP contribution in [0.15, 0.2) is 18.2 Å². The Morgan fingerprint density at radius 1 is 1.30 bits per heavy atom. The van der Waals surface area contributed by atoms with E-state index in [0.29, 0.717) is 17.1 Å². The summed E-state index contributed by atoms with van der Waals surface area (Å²) in [5, 5.41) is 11.1. The number of nitrogens with one attached hydrogen (secondary N) is 1. The zero-order valence-corrected chi connectivity index (χ0v) is 11.1. The second-order valence-electron chi connectivity index (χ2n) is 4.03. The first-order valence-electron chi connectivity index (χ1n) is 5.80. The van der Waals surface area contributed by atoms with Gasteiger partial charge in [0, 0.05) is 24.7 Å². The number of nitrogens with zero attached hydrogens (tertiary/aromatic N) is 1. The van der Waals surface area contributed by atoms with Crippen molar-refractivity contribution in [3.8, 4) is 17.6 Å². The fourth-order valence-corrected chi connectivity index (χ4v) is 1.58. The minimum atomic E-state index is -4.52. The van der Waals surface area contributed by atoms with Gasteiger partial charge in [-0.3, -0.25) is 0 Å². The van der Waals surface area contributed by atoms with E-state index in [-0.39, 0.29) is 6.54 Å². The number of halogens is 3. The van der Waals surface area contributed by atoms with E-state index < -0.39 is 18.6 Å². The lowest BCUT2D eigenvalue weighted by Gasteiger charge is -2.15. The number of benzene rings is 1. The highest BCUT2D eigenvalue weighted by atomic mass is 19.4. The van der Waals surface area contributed by atoms with Crippen LogP contribution in [0.2, 0.25) is 0 Å². The minimum absolute atomic E-state index is 0.168. The van der Waals surface area contributed by atoms with Crippen molar-refractivity contribution in [2.75, 3.05) is 20.8 Å². The van der Waals surface area contributed by atoms with E-state index in [1.165, 1.54) is 20.3 Å². The van der Waals surface area contributed by atoms with Gasteiger partial charge in [0.25, 0.3) is 0 Å². The van der Waals surface area contributed by atoms with Gasteiger partial charge in [0.1, 0.15) is 11.5 Å². The number of hydrogen-bond donors (Lipinski definition) is 1. The van der Waals surface area contributed by atoms with Gasteiger partial charge in [-0.1, -0.05) is 6.07 Å². The van der Waals surface area contributed by atoms with Gasteiger partial charge >= 0.3 is 6.18 Å². The first-order valence-corrected chi connectivity index (χ1v) is 5.80. The fraction of sp³-hybridized carbons (Fsp3) is 0.462. The predicted octanol–water partition coefficient (Wildman–Crippen LogP) is 2.50. The van der Waals surface area contributed by atoms with Crippen LogP contribution in [-0.4, -0.2) is 26.9 Å². The van der Waals surface area contributed by atoms with Crippen molar-refractivity contribution in [3.05, 3.63) is 23.8 Å². The molecular formula is C13H15F3N2O2. The van der Waals surface area contributed by atoms with Crippen molar-refractivity contribution in [1.82, 2.24) is 5.32 Å². The quantitative estimate of drug-likeness (QED) is 0.874. The number of alkyl halides is 3. The van der Waals surface area contributed by atoms with Crippen LogP contribution in [0.1, 0.15) is 5.56 Å². The molecule has 0 aliphatic carbocycles. The van der Waals surface area contributed by atoms with Crippen LogP contribution in [0.4, 0.5) is 13.2 Å². The average molecular weight is 288 g/mol. The zero-order chi connectivity index (χ0) is 15.2. The lowest BCUT2D eigenvalue weighted by Crippen LogP contribution is -2.32. The van der Waals surface area contributed by atoms with Gasteiger partial charge in [0.15, 0.2) is 5.92 Å². The normalized spacial score (nSPS) is 12.6. The molecule has 0 aromatic heterocycles. The van der Waals surface area contributed by atoms with Crippen LogP contribution >= 0.6 is 0 Å². The Hall–Kier alpha value is -1.94. The fourth-order valence-electron chi connectivity index (χ4n) is 1.58. The molecule has 0 saturated carbocycles. The van der Waals surface area contributed by atoms with E-state index >= 15 is 0 Å². The van der Waals surface area contributed by atoms with Crippen LogP contribution in [-0.2, 0) is 6.54 Å². The van der Waals surface area contributed by atoms with Gasteiger partial charge in [-0.2, -0.15) is 18.4 Å². The Bertz CT molecular complexity index is 483. The topological polar surface area (TPSA) is 54.3 Å². The summed E-state index contributed by atoms with van der Waals surface area (Å²) in [6.45, 7) is -0.295. The highest BCUT2D eigenvalue weighted by molar-refractivity contribution is 5.40. The molecule has 1 N–H and O–H groups in total. The molecule has 0 aliphatic rings. The molecule has 7 heteroatoms. The first-order chi connectivity index (χ1) is 9.42. The van der Waals surface area contributed by atoms with Gasteiger partial charge in [-0.25, -0.2) is 0 Å². The number of nitriles is 1. The molecule has 0 radical (unpaired) electrons. The number of hydrogen-bond acceptors (Lipinski definition) is 4. The Kier molecular flexibility index (Phi) is 5.65. The third-order valence-corrected chi connectivity index (χ3v) is 2.71. The van der Waals surface area contributed by atoms with Gasteiger partial charge < -0.3 is 14.8 Å². The van der Waals surface area contributed by atoms with E-state index in [2.05, 4.69) is 5.32 Å². The molecule has 1 aromatic carbocycles. The maximum Gasteiger partial charge on any atom is 0.405 e. The van der Waals surface area contributed by atoms with Crippen LogP contribution in [0.3, 0.4) is 0 Å². The van der Waals surface area contributed by atoms with Crippen molar-refractivity contribution < 1.29 is 22.6 Å². The molecule has 110 valence electrons. The van der Waals surface area contributed by atoms with Gasteiger partial charge in [-0.05, 0) is 6.07 Å². The summed E-state index contributed by atoms with van der Waals surface area (Å²) in [5.74, 6) is -0.917. The molecule has 0 saturated heterocycles. The Morgan fingerprint density at radius 3 is 2.50 bits per heavy atom. The molecule has 0 spiro atoms. The maximum absolute atomic E-state index is 12.4. The molecular weight excluding hydrogens is 273 g/mol. The first kappa shape index (κ1) is 16.1. The summed E-state index contributed by atoms with van der Waals surface area (Å²) >= 11 is 0. The predicted molar refractivity (Wildman–Crippen MR) is 66.4 cm³/mol. The van der Waals surface area contributed by atoms with Crippen molar-refractivity contribution in [3.63, 3.8) is 0 Å². The monoisotopic (exact) mass is 288 g/mol. The number of ether oxygens (including phenoxy) is 2. The maximum atomic E-state index is 12.4. The average Bonchev–Trinajstić information content (AvgIpc) is 2.42. The molecule has 1 aromatic rings. The zero-order valence-electron chi connectivity index (χ0n) is 11.1. The second-order valence-corrected chi connectivity index (χ2v) is 4.03. The molecule has 4 nitrogen and oxygen atoms in total. The molecule has 1 atom stereocenters. The van der Waals surface area contributed by atoms with Gasteiger partial charge in [0.2, 0.25) is 0 Å². The highest BCUT2D eigenvalue weighted by Crippen LogP contribution is 2.26. The van der Waals surface area contributed by atoms with E-state index in [9.17, 15) is 13.2 Å². The number of rotatable bonds is 6. The van der Waals surface area contributed by atoms with Crippen molar-refractivity contribution in [2.24, 2.45) is 5.92 Å². The third-order valence-electron chi connectivity index (χ3n) is 2.71. The summed E-state index contributed by atoms with van der Waals surface area (Å²) in [6, 6.07) is 6.26. The standard InChI is InChI=1S/C13H15F3N2O2/c1-19-11-4-3-9(12(5-11)20-2)7-18-8-10(6-17)13(14,15)16/h3-5,10,18H,7-8H2,1-2H3. The van der Waals surface area contributed by atoms with Crippen LogP contribution in [0.5, 0.6) is 11.5 Å². The Labute approximate surface area is 115 Å². The van der Waals surface area contributed by atoms with Crippen LogP contribution in [0.25, 0.3) is 0 Å². The SMILES string of the molecule is COc1ccc(CNCC(C#N)C(F)(F)F)c(OC)c1. The second kappa shape index (κ2) is 7.01. The Morgan fingerprint density at radius 2 is 2.00 bits per heavy atom. The van der Waals surface area contributed by atoms with Gasteiger partial charge in [0.05, 0.1) is 20.3 Å². The molecule has 20 heavy (non-hydrogen) atoms. The van der Waals surface area contributed by atoms with Crippen LogP contribution in [0, 0.1) is 17.2 Å². The molecule has 0 bridgehead atoms. The molecule has 0 amide bonds. The van der Waals surface area contributed by atoms with E-state index in [0.717, 1.165) is 0 Å². The molecule has 1 rings (SSSR count).